The number of hydrogen-bond donors (Lipinski definition) is 2. The van der Waals surface area contributed by atoms with Crippen LogP contribution in [-0.2, 0) is 6.54 Å². The molecule has 0 bridgehead atoms. The monoisotopic (exact) mass is 286 g/mol. The molecular weight excluding hydrogens is 268 g/mol. The van der Waals surface area contributed by atoms with Gasteiger partial charge in [0, 0.05) is 12.2 Å². The number of hydrogen-bond acceptors (Lipinski definition) is 2. The van der Waals surface area contributed by atoms with E-state index in [0.717, 1.165) is 17.0 Å². The minimum atomic E-state index is 0.615. The number of aryl methyl sites for hydroxylation is 1. The van der Waals surface area contributed by atoms with Crippen LogP contribution in [0.25, 0.3) is 0 Å². The van der Waals surface area contributed by atoms with Crippen molar-refractivity contribution in [1.82, 2.24) is 5.32 Å². The van der Waals surface area contributed by atoms with Crippen LogP contribution < -0.4 is 15.4 Å². The van der Waals surface area contributed by atoms with Crippen LogP contribution in [0.1, 0.15) is 11.1 Å². The summed E-state index contributed by atoms with van der Waals surface area (Å²) in [7, 11) is 1.66. The average molecular weight is 286 g/mol. The third kappa shape index (κ3) is 4.24. The Labute approximate surface area is 125 Å². The van der Waals surface area contributed by atoms with Crippen LogP contribution in [0.5, 0.6) is 5.75 Å². The lowest BCUT2D eigenvalue weighted by atomic mass is 10.2. The molecule has 0 radical (unpaired) electrons. The zero-order valence-corrected chi connectivity index (χ0v) is 12.5. The van der Waals surface area contributed by atoms with E-state index in [2.05, 4.69) is 29.7 Å². The Morgan fingerprint density at radius 3 is 2.30 bits per heavy atom. The van der Waals surface area contributed by atoms with Gasteiger partial charge in [0.05, 0.1) is 7.11 Å². The quantitative estimate of drug-likeness (QED) is 0.843. The van der Waals surface area contributed by atoms with Crippen molar-refractivity contribution in [3.63, 3.8) is 0 Å². The Morgan fingerprint density at radius 2 is 1.70 bits per heavy atom. The van der Waals surface area contributed by atoms with Gasteiger partial charge in [0.15, 0.2) is 5.11 Å². The predicted octanol–water partition coefficient (Wildman–Crippen LogP) is 3.49. The lowest BCUT2D eigenvalue weighted by Crippen LogP contribution is -2.27. The van der Waals surface area contributed by atoms with Gasteiger partial charge < -0.3 is 15.4 Å². The van der Waals surface area contributed by atoms with E-state index in [0.29, 0.717) is 11.7 Å². The number of thiocarbonyl (C=S) groups is 1. The van der Waals surface area contributed by atoms with E-state index in [-0.39, 0.29) is 0 Å². The highest BCUT2D eigenvalue weighted by molar-refractivity contribution is 7.80. The Kier molecular flexibility index (Phi) is 4.96. The second-order valence-corrected chi connectivity index (χ2v) is 4.93. The van der Waals surface area contributed by atoms with Crippen LogP contribution in [0.3, 0.4) is 0 Å². The molecule has 0 amide bonds. The van der Waals surface area contributed by atoms with Gasteiger partial charge in [0.2, 0.25) is 0 Å². The van der Waals surface area contributed by atoms with Gasteiger partial charge in [-0.25, -0.2) is 0 Å². The Hall–Kier alpha value is -2.07. The zero-order valence-electron chi connectivity index (χ0n) is 11.6. The topological polar surface area (TPSA) is 33.3 Å². The Balaban J connectivity index is 1.83. The maximum absolute atomic E-state index is 5.27. The largest absolute Gasteiger partial charge is 0.497 e. The van der Waals surface area contributed by atoms with Crippen molar-refractivity contribution in [3.05, 3.63) is 59.7 Å². The molecule has 2 rings (SSSR count). The lowest BCUT2D eigenvalue weighted by molar-refractivity contribution is 0.414. The van der Waals surface area contributed by atoms with Crippen molar-refractivity contribution >= 4 is 23.0 Å². The SMILES string of the molecule is COc1ccc(CNC(=S)Nc2ccc(C)cc2)cc1. The summed E-state index contributed by atoms with van der Waals surface area (Å²) in [5, 5.41) is 6.95. The molecule has 0 unspecified atom stereocenters. The summed E-state index contributed by atoms with van der Waals surface area (Å²) in [5.74, 6) is 0.856. The molecule has 2 aromatic carbocycles. The van der Waals surface area contributed by atoms with Crippen molar-refractivity contribution in [1.29, 1.82) is 0 Å². The van der Waals surface area contributed by atoms with E-state index in [4.69, 9.17) is 17.0 Å². The first kappa shape index (κ1) is 14.3. The van der Waals surface area contributed by atoms with Crippen molar-refractivity contribution in [3.8, 4) is 5.75 Å². The van der Waals surface area contributed by atoms with Crippen molar-refractivity contribution in [2.24, 2.45) is 0 Å². The van der Waals surface area contributed by atoms with Crippen LogP contribution in [-0.4, -0.2) is 12.2 Å². The lowest BCUT2D eigenvalue weighted by Gasteiger charge is -2.11. The molecule has 0 fully saturated rings. The summed E-state index contributed by atoms with van der Waals surface area (Å²) in [4.78, 5) is 0. The standard InChI is InChI=1S/C16H18N2OS/c1-12-3-7-14(8-4-12)18-16(20)17-11-13-5-9-15(19-2)10-6-13/h3-10H,11H2,1-2H3,(H2,17,18,20). The molecule has 0 aromatic heterocycles. The molecule has 104 valence electrons. The van der Waals surface area contributed by atoms with Gasteiger partial charge in [-0.3, -0.25) is 0 Å². The third-order valence-corrected chi connectivity index (χ3v) is 3.17. The maximum Gasteiger partial charge on any atom is 0.171 e. The summed E-state index contributed by atoms with van der Waals surface area (Å²) < 4.78 is 5.12. The number of ether oxygens (including phenoxy) is 1. The Morgan fingerprint density at radius 1 is 1.05 bits per heavy atom. The summed E-state index contributed by atoms with van der Waals surface area (Å²) in [6, 6.07) is 16.0. The molecule has 2 aromatic rings. The second-order valence-electron chi connectivity index (χ2n) is 4.52. The van der Waals surface area contributed by atoms with Crippen molar-refractivity contribution in [2.45, 2.75) is 13.5 Å². The summed E-state index contributed by atoms with van der Waals surface area (Å²) >= 11 is 5.27. The van der Waals surface area contributed by atoms with Gasteiger partial charge in [-0.05, 0) is 49.0 Å². The normalized spacial score (nSPS) is 9.90. The molecule has 0 aliphatic heterocycles. The van der Waals surface area contributed by atoms with E-state index >= 15 is 0 Å². The predicted molar refractivity (Wildman–Crippen MR) is 87.2 cm³/mol. The van der Waals surface area contributed by atoms with Gasteiger partial charge >= 0.3 is 0 Å². The van der Waals surface area contributed by atoms with Crippen LogP contribution in [0.15, 0.2) is 48.5 Å². The number of rotatable bonds is 4. The highest BCUT2D eigenvalue weighted by Gasteiger charge is 1.98. The molecule has 0 saturated heterocycles. The average Bonchev–Trinajstić information content (AvgIpc) is 2.48. The molecule has 2 N–H and O–H groups in total. The summed E-state index contributed by atoms with van der Waals surface area (Å²) in [5.41, 5.74) is 3.37. The number of nitrogens with one attached hydrogen (secondary N) is 2. The molecule has 4 heteroatoms. The molecule has 0 aliphatic rings. The first-order valence-corrected chi connectivity index (χ1v) is 6.82. The molecule has 0 spiro atoms. The van der Waals surface area contributed by atoms with E-state index in [1.165, 1.54) is 5.56 Å². The van der Waals surface area contributed by atoms with E-state index in [1.54, 1.807) is 7.11 Å². The molecule has 0 saturated carbocycles. The van der Waals surface area contributed by atoms with Gasteiger partial charge in [-0.2, -0.15) is 0 Å². The van der Waals surface area contributed by atoms with Crippen LogP contribution in [0, 0.1) is 6.92 Å². The van der Waals surface area contributed by atoms with Gasteiger partial charge in [-0.15, -0.1) is 0 Å². The molecule has 0 heterocycles. The van der Waals surface area contributed by atoms with E-state index in [1.807, 2.05) is 36.4 Å². The fourth-order valence-electron chi connectivity index (χ4n) is 1.74. The zero-order chi connectivity index (χ0) is 14.4. The van der Waals surface area contributed by atoms with Crippen LogP contribution in [0.4, 0.5) is 5.69 Å². The number of benzene rings is 2. The highest BCUT2D eigenvalue weighted by Crippen LogP contribution is 2.11. The second kappa shape index (κ2) is 6.91. The minimum absolute atomic E-state index is 0.615. The molecular formula is C16H18N2OS. The molecule has 0 aliphatic carbocycles. The fraction of sp³-hybridized carbons (Fsp3) is 0.188. The van der Waals surface area contributed by atoms with Gasteiger partial charge in [-0.1, -0.05) is 29.8 Å². The van der Waals surface area contributed by atoms with E-state index in [9.17, 15) is 0 Å². The van der Waals surface area contributed by atoms with Crippen molar-refractivity contribution < 1.29 is 4.74 Å². The minimum Gasteiger partial charge on any atom is -0.497 e. The first-order chi connectivity index (χ1) is 9.67. The summed E-state index contributed by atoms with van der Waals surface area (Å²) in [6.07, 6.45) is 0. The molecule has 20 heavy (non-hydrogen) atoms. The van der Waals surface area contributed by atoms with Crippen LogP contribution in [0.2, 0.25) is 0 Å². The Bertz CT molecular complexity index is 564. The fourth-order valence-corrected chi connectivity index (χ4v) is 1.93. The van der Waals surface area contributed by atoms with Crippen LogP contribution >= 0.6 is 12.2 Å². The molecule has 3 nitrogen and oxygen atoms in total. The smallest absolute Gasteiger partial charge is 0.171 e. The van der Waals surface area contributed by atoms with Gasteiger partial charge in [0.1, 0.15) is 5.75 Å². The molecule has 0 atom stereocenters. The van der Waals surface area contributed by atoms with Crippen molar-refractivity contribution in [2.75, 3.05) is 12.4 Å². The highest BCUT2D eigenvalue weighted by atomic mass is 32.1. The maximum atomic E-state index is 5.27. The third-order valence-electron chi connectivity index (χ3n) is 2.92. The number of methoxy groups -OCH3 is 1. The number of anilines is 1. The first-order valence-electron chi connectivity index (χ1n) is 6.42. The van der Waals surface area contributed by atoms with E-state index < -0.39 is 0 Å². The van der Waals surface area contributed by atoms with Gasteiger partial charge in [0.25, 0.3) is 0 Å². The summed E-state index contributed by atoms with van der Waals surface area (Å²) in [6.45, 7) is 2.74.